The number of carboxylic acids is 1. The minimum absolute atomic E-state index is 0.670. The molecule has 0 fully saturated rings. The highest BCUT2D eigenvalue weighted by molar-refractivity contribution is 7.17. The van der Waals surface area contributed by atoms with Gasteiger partial charge in [0.2, 0.25) is 0 Å². The molecule has 0 spiro atoms. The first-order valence-electron chi connectivity index (χ1n) is 3.26. The molecule has 0 radical (unpaired) electrons. The number of thiophene rings is 1. The zero-order valence-electron chi connectivity index (χ0n) is 6.37. The third-order valence-electron chi connectivity index (χ3n) is 1.30. The van der Waals surface area contributed by atoms with Crippen LogP contribution in [0.3, 0.4) is 0 Å². The van der Waals surface area contributed by atoms with Crippen LogP contribution in [-0.2, 0) is 4.79 Å². The van der Waals surface area contributed by atoms with E-state index in [0.29, 0.717) is 4.34 Å². The summed E-state index contributed by atoms with van der Waals surface area (Å²) in [4.78, 5) is 11.2. The summed E-state index contributed by atoms with van der Waals surface area (Å²) in [5, 5.41) is 8.45. The molecule has 1 aromatic heterocycles. The third-order valence-corrected chi connectivity index (χ3v) is 2.67. The number of allylic oxidation sites excluding steroid dienone is 1. The summed E-state index contributed by atoms with van der Waals surface area (Å²) >= 11 is 7.06. The molecule has 4 heteroatoms. The van der Waals surface area contributed by atoms with Gasteiger partial charge in [0.15, 0.2) is 0 Å². The van der Waals surface area contributed by atoms with E-state index in [1.165, 1.54) is 17.4 Å². The summed E-state index contributed by atoms with van der Waals surface area (Å²) in [6.07, 6.45) is 1.17. The number of carbonyl (C=O) groups is 1. The lowest BCUT2D eigenvalue weighted by Gasteiger charge is -1.92. The molecule has 1 rings (SSSR count). The van der Waals surface area contributed by atoms with Crippen molar-refractivity contribution in [2.45, 2.75) is 6.92 Å². The fraction of sp³-hybridized carbons (Fsp3) is 0.125. The molecule has 0 saturated carbocycles. The Kier molecular flexibility index (Phi) is 2.89. The highest BCUT2D eigenvalue weighted by Gasteiger charge is 2.01. The van der Waals surface area contributed by atoms with Crippen molar-refractivity contribution in [1.82, 2.24) is 0 Å². The van der Waals surface area contributed by atoms with Gasteiger partial charge in [0.05, 0.1) is 4.34 Å². The van der Waals surface area contributed by atoms with Crippen molar-refractivity contribution >= 4 is 34.5 Å². The quantitative estimate of drug-likeness (QED) is 0.749. The van der Waals surface area contributed by atoms with Crippen LogP contribution in [0.1, 0.15) is 11.8 Å². The van der Waals surface area contributed by atoms with Crippen molar-refractivity contribution in [3.8, 4) is 0 Å². The Bertz CT molecular complexity index is 328. The lowest BCUT2D eigenvalue weighted by Crippen LogP contribution is -1.87. The first-order chi connectivity index (χ1) is 5.59. The summed E-state index contributed by atoms with van der Waals surface area (Å²) in [5.74, 6) is -0.933. The predicted octanol–water partition coefficient (Wildman–Crippen LogP) is 2.89. The number of carboxylic acid groups (broad SMARTS) is 1. The van der Waals surface area contributed by atoms with E-state index >= 15 is 0 Å². The summed E-state index contributed by atoms with van der Waals surface area (Å²) in [6.45, 7) is 1.75. The molecule has 2 nitrogen and oxygen atoms in total. The van der Waals surface area contributed by atoms with Gasteiger partial charge in [-0.25, -0.2) is 4.79 Å². The molecular weight excluding hydrogens is 196 g/mol. The highest BCUT2D eigenvalue weighted by atomic mass is 35.5. The Labute approximate surface area is 79.1 Å². The molecule has 1 heterocycles. The van der Waals surface area contributed by atoms with Crippen molar-refractivity contribution in [3.05, 3.63) is 27.4 Å². The molecule has 64 valence electrons. The second kappa shape index (κ2) is 3.74. The van der Waals surface area contributed by atoms with Gasteiger partial charge in [0, 0.05) is 11.0 Å². The predicted molar refractivity (Wildman–Crippen MR) is 50.6 cm³/mol. The lowest BCUT2D eigenvalue weighted by atomic mass is 10.2. The smallest absolute Gasteiger partial charge is 0.328 e. The molecule has 12 heavy (non-hydrogen) atoms. The van der Waals surface area contributed by atoms with Crippen LogP contribution in [-0.4, -0.2) is 11.1 Å². The monoisotopic (exact) mass is 202 g/mol. The normalized spacial score (nSPS) is 11.7. The molecule has 0 aliphatic rings. The van der Waals surface area contributed by atoms with Gasteiger partial charge in [0.25, 0.3) is 0 Å². The SMILES string of the molecule is C/C(=C\C(=O)O)c1ccc(Cl)s1. The Morgan fingerprint density at radius 3 is 2.75 bits per heavy atom. The Morgan fingerprint density at radius 1 is 1.67 bits per heavy atom. The fourth-order valence-electron chi connectivity index (χ4n) is 0.783. The highest BCUT2D eigenvalue weighted by Crippen LogP contribution is 2.26. The minimum atomic E-state index is -0.933. The lowest BCUT2D eigenvalue weighted by molar-refractivity contribution is -0.131. The van der Waals surface area contributed by atoms with Crippen LogP contribution in [0.15, 0.2) is 18.2 Å². The third kappa shape index (κ3) is 2.36. The van der Waals surface area contributed by atoms with E-state index in [0.717, 1.165) is 10.5 Å². The van der Waals surface area contributed by atoms with Gasteiger partial charge in [0.1, 0.15) is 0 Å². The Morgan fingerprint density at radius 2 is 2.33 bits per heavy atom. The second-order valence-electron chi connectivity index (χ2n) is 2.27. The van der Waals surface area contributed by atoms with Crippen molar-refractivity contribution in [1.29, 1.82) is 0 Å². The number of hydrogen-bond donors (Lipinski definition) is 1. The van der Waals surface area contributed by atoms with Crippen LogP contribution in [0.2, 0.25) is 4.34 Å². The van der Waals surface area contributed by atoms with Crippen LogP contribution >= 0.6 is 22.9 Å². The average Bonchev–Trinajstić information content (AvgIpc) is 2.34. The van der Waals surface area contributed by atoms with Crippen molar-refractivity contribution < 1.29 is 9.90 Å². The van der Waals surface area contributed by atoms with Gasteiger partial charge < -0.3 is 5.11 Å². The molecule has 0 amide bonds. The van der Waals surface area contributed by atoms with Crippen LogP contribution in [0.25, 0.3) is 5.57 Å². The van der Waals surface area contributed by atoms with Crippen molar-refractivity contribution in [3.63, 3.8) is 0 Å². The average molecular weight is 203 g/mol. The van der Waals surface area contributed by atoms with Gasteiger partial charge in [-0.2, -0.15) is 0 Å². The Hall–Kier alpha value is -0.800. The molecule has 0 aromatic carbocycles. The molecule has 0 bridgehead atoms. The maximum atomic E-state index is 10.3. The van der Waals surface area contributed by atoms with E-state index in [1.807, 2.05) is 6.07 Å². The Balaban J connectivity index is 2.91. The van der Waals surface area contributed by atoms with Gasteiger partial charge in [-0.15, -0.1) is 11.3 Å². The van der Waals surface area contributed by atoms with Crippen LogP contribution < -0.4 is 0 Å². The first kappa shape index (κ1) is 9.29. The molecule has 1 aromatic rings. The number of rotatable bonds is 2. The maximum absolute atomic E-state index is 10.3. The molecule has 0 atom stereocenters. The summed E-state index contributed by atoms with van der Waals surface area (Å²) in [5.41, 5.74) is 0.722. The van der Waals surface area contributed by atoms with E-state index in [1.54, 1.807) is 13.0 Å². The zero-order chi connectivity index (χ0) is 9.14. The molecule has 0 saturated heterocycles. The minimum Gasteiger partial charge on any atom is -0.478 e. The maximum Gasteiger partial charge on any atom is 0.328 e. The summed E-state index contributed by atoms with van der Waals surface area (Å²) < 4.78 is 0.670. The topological polar surface area (TPSA) is 37.3 Å². The molecule has 0 aliphatic carbocycles. The van der Waals surface area contributed by atoms with Gasteiger partial charge in [-0.3, -0.25) is 0 Å². The summed E-state index contributed by atoms with van der Waals surface area (Å²) in [6, 6.07) is 3.56. The van der Waals surface area contributed by atoms with Crippen LogP contribution in [0.5, 0.6) is 0 Å². The van der Waals surface area contributed by atoms with Gasteiger partial charge >= 0.3 is 5.97 Å². The zero-order valence-corrected chi connectivity index (χ0v) is 7.95. The van der Waals surface area contributed by atoms with E-state index in [4.69, 9.17) is 16.7 Å². The van der Waals surface area contributed by atoms with E-state index in [2.05, 4.69) is 0 Å². The van der Waals surface area contributed by atoms with E-state index in [9.17, 15) is 4.79 Å². The molecule has 1 N–H and O–H groups in total. The largest absolute Gasteiger partial charge is 0.478 e. The molecule has 0 unspecified atom stereocenters. The summed E-state index contributed by atoms with van der Waals surface area (Å²) in [7, 11) is 0. The fourth-order valence-corrected chi connectivity index (χ4v) is 1.80. The van der Waals surface area contributed by atoms with Gasteiger partial charge in [-0.05, 0) is 24.6 Å². The van der Waals surface area contributed by atoms with Crippen molar-refractivity contribution in [2.75, 3.05) is 0 Å². The second-order valence-corrected chi connectivity index (χ2v) is 3.98. The number of aliphatic carboxylic acids is 1. The molecule has 0 aliphatic heterocycles. The van der Waals surface area contributed by atoms with Gasteiger partial charge in [-0.1, -0.05) is 11.6 Å². The molecular formula is C8H7ClO2S. The number of halogens is 1. The first-order valence-corrected chi connectivity index (χ1v) is 4.46. The number of hydrogen-bond acceptors (Lipinski definition) is 2. The van der Waals surface area contributed by atoms with Crippen LogP contribution in [0.4, 0.5) is 0 Å². The van der Waals surface area contributed by atoms with E-state index in [-0.39, 0.29) is 0 Å². The van der Waals surface area contributed by atoms with Crippen molar-refractivity contribution in [2.24, 2.45) is 0 Å². The van der Waals surface area contributed by atoms with Crippen LogP contribution in [0, 0.1) is 0 Å². The standard InChI is InChI=1S/C8H7ClO2S/c1-5(4-8(10)11)6-2-3-7(9)12-6/h2-4H,1H3,(H,10,11)/b5-4+. The van der Waals surface area contributed by atoms with E-state index < -0.39 is 5.97 Å².